The van der Waals surface area contributed by atoms with E-state index in [1.807, 2.05) is 54.6 Å². The zero-order chi connectivity index (χ0) is 19.8. The van der Waals surface area contributed by atoms with Gasteiger partial charge in [-0.05, 0) is 48.2 Å². The fourth-order valence-electron chi connectivity index (χ4n) is 3.98. The Kier molecular flexibility index (Phi) is 4.58. The van der Waals surface area contributed by atoms with E-state index in [9.17, 15) is 4.79 Å². The summed E-state index contributed by atoms with van der Waals surface area (Å²) in [5, 5.41) is 5.43. The molecule has 148 valence electrons. The van der Waals surface area contributed by atoms with Gasteiger partial charge in [-0.1, -0.05) is 18.2 Å². The van der Waals surface area contributed by atoms with Gasteiger partial charge >= 0.3 is 0 Å². The fourth-order valence-corrected chi connectivity index (χ4v) is 3.98. The van der Waals surface area contributed by atoms with Crippen LogP contribution in [0.1, 0.15) is 6.42 Å². The third-order valence-electron chi connectivity index (χ3n) is 5.60. The number of ether oxygens (including phenoxy) is 2. The summed E-state index contributed by atoms with van der Waals surface area (Å²) in [7, 11) is 1.74. The van der Waals surface area contributed by atoms with Gasteiger partial charge in [0, 0.05) is 36.1 Å². The molecule has 0 spiro atoms. The SMILES string of the molecule is CO[C@H]1CN[C@@H](COc2ccc3[nH]c(-c4cc5ccccc5[nH]c4=O)cc3c2)C1. The molecule has 3 heterocycles. The maximum atomic E-state index is 12.6. The smallest absolute Gasteiger partial charge is 0.257 e. The minimum atomic E-state index is -0.105. The van der Waals surface area contributed by atoms with E-state index in [-0.39, 0.29) is 11.7 Å². The summed E-state index contributed by atoms with van der Waals surface area (Å²) in [6.45, 7) is 1.47. The standard InChI is InChI=1S/C23H23N3O3/c1-28-18-11-16(24-12-18)13-29-17-6-7-21-15(8-17)10-22(25-21)19-9-14-4-2-3-5-20(14)26-23(19)27/h2-10,16,18,24-25H,11-13H2,1H3,(H,26,27)/t16-,18-/m1/s1. The molecule has 5 rings (SSSR count). The number of H-pyrrole nitrogens is 2. The Morgan fingerprint density at radius 2 is 1.86 bits per heavy atom. The van der Waals surface area contributed by atoms with Crippen LogP contribution in [0.25, 0.3) is 33.1 Å². The van der Waals surface area contributed by atoms with E-state index in [2.05, 4.69) is 15.3 Å². The van der Waals surface area contributed by atoms with Gasteiger partial charge in [0.2, 0.25) is 0 Å². The van der Waals surface area contributed by atoms with Crippen LogP contribution >= 0.6 is 0 Å². The van der Waals surface area contributed by atoms with Gasteiger partial charge in [-0.15, -0.1) is 0 Å². The summed E-state index contributed by atoms with van der Waals surface area (Å²) < 4.78 is 11.4. The van der Waals surface area contributed by atoms with E-state index >= 15 is 0 Å². The second-order valence-electron chi connectivity index (χ2n) is 7.54. The molecular formula is C23H23N3O3. The largest absolute Gasteiger partial charge is 0.492 e. The van der Waals surface area contributed by atoms with Crippen molar-refractivity contribution in [2.75, 3.05) is 20.3 Å². The molecule has 2 aromatic heterocycles. The first-order chi connectivity index (χ1) is 14.2. The predicted molar refractivity (Wildman–Crippen MR) is 115 cm³/mol. The molecular weight excluding hydrogens is 366 g/mol. The summed E-state index contributed by atoms with van der Waals surface area (Å²) in [5.41, 5.74) is 3.13. The topological polar surface area (TPSA) is 79.1 Å². The van der Waals surface area contributed by atoms with E-state index in [0.717, 1.165) is 46.2 Å². The Hall–Kier alpha value is -3.09. The van der Waals surface area contributed by atoms with Crippen molar-refractivity contribution in [3.8, 4) is 17.0 Å². The van der Waals surface area contributed by atoms with Crippen LogP contribution in [0.3, 0.4) is 0 Å². The Balaban J connectivity index is 1.40. The molecule has 2 aromatic carbocycles. The lowest BCUT2D eigenvalue weighted by atomic mass is 10.1. The van der Waals surface area contributed by atoms with Crippen LogP contribution in [-0.4, -0.2) is 42.4 Å². The van der Waals surface area contributed by atoms with Gasteiger partial charge in [-0.3, -0.25) is 4.79 Å². The van der Waals surface area contributed by atoms with Gasteiger partial charge in [0.25, 0.3) is 5.56 Å². The summed E-state index contributed by atoms with van der Waals surface area (Å²) in [6, 6.07) is 18.0. The third-order valence-corrected chi connectivity index (χ3v) is 5.60. The molecule has 0 radical (unpaired) electrons. The highest BCUT2D eigenvalue weighted by Crippen LogP contribution is 2.27. The maximum Gasteiger partial charge on any atom is 0.257 e. The normalized spacial score (nSPS) is 19.2. The number of pyridine rings is 1. The van der Waals surface area contributed by atoms with Crippen molar-refractivity contribution >= 4 is 21.8 Å². The number of hydrogen-bond donors (Lipinski definition) is 3. The molecule has 0 amide bonds. The average Bonchev–Trinajstić information content (AvgIpc) is 3.38. The van der Waals surface area contributed by atoms with Gasteiger partial charge in [-0.2, -0.15) is 0 Å². The highest BCUT2D eigenvalue weighted by atomic mass is 16.5. The monoisotopic (exact) mass is 389 g/mol. The van der Waals surface area contributed by atoms with Crippen molar-refractivity contribution in [2.45, 2.75) is 18.6 Å². The third kappa shape index (κ3) is 3.52. The van der Waals surface area contributed by atoms with Crippen LogP contribution in [0.2, 0.25) is 0 Å². The maximum absolute atomic E-state index is 12.6. The molecule has 2 atom stereocenters. The first-order valence-corrected chi connectivity index (χ1v) is 9.84. The van der Waals surface area contributed by atoms with Crippen molar-refractivity contribution in [2.24, 2.45) is 0 Å². The zero-order valence-electron chi connectivity index (χ0n) is 16.2. The van der Waals surface area contributed by atoms with Gasteiger partial charge in [0.05, 0.1) is 17.4 Å². The predicted octanol–water partition coefficient (Wildman–Crippen LogP) is 3.43. The molecule has 1 saturated heterocycles. The van der Waals surface area contributed by atoms with Crippen molar-refractivity contribution in [1.29, 1.82) is 0 Å². The van der Waals surface area contributed by atoms with Crippen molar-refractivity contribution in [3.63, 3.8) is 0 Å². The van der Waals surface area contributed by atoms with E-state index < -0.39 is 0 Å². The quantitative estimate of drug-likeness (QED) is 0.489. The number of nitrogens with one attached hydrogen (secondary N) is 3. The molecule has 0 saturated carbocycles. The number of methoxy groups -OCH3 is 1. The first-order valence-electron chi connectivity index (χ1n) is 9.84. The molecule has 0 unspecified atom stereocenters. The van der Waals surface area contributed by atoms with Gasteiger partial charge in [-0.25, -0.2) is 0 Å². The zero-order valence-corrected chi connectivity index (χ0v) is 16.2. The van der Waals surface area contributed by atoms with E-state index in [1.54, 1.807) is 7.11 Å². The molecule has 0 aliphatic carbocycles. The summed E-state index contributed by atoms with van der Waals surface area (Å²) >= 11 is 0. The Morgan fingerprint density at radius 3 is 2.72 bits per heavy atom. The molecule has 6 heteroatoms. The number of aromatic nitrogens is 2. The van der Waals surface area contributed by atoms with Gasteiger partial charge in [0.15, 0.2) is 0 Å². The number of rotatable bonds is 5. The molecule has 1 aliphatic heterocycles. The lowest BCUT2D eigenvalue weighted by molar-refractivity contribution is 0.115. The van der Waals surface area contributed by atoms with E-state index in [1.165, 1.54) is 0 Å². The molecule has 6 nitrogen and oxygen atoms in total. The van der Waals surface area contributed by atoms with Crippen molar-refractivity contribution < 1.29 is 9.47 Å². The Labute approximate surface area is 167 Å². The van der Waals surface area contributed by atoms with Crippen molar-refractivity contribution in [3.05, 3.63) is 65.0 Å². The van der Waals surface area contributed by atoms with E-state index in [4.69, 9.17) is 9.47 Å². The van der Waals surface area contributed by atoms with Crippen LogP contribution in [-0.2, 0) is 4.74 Å². The first kappa shape index (κ1) is 18.0. The molecule has 3 N–H and O–H groups in total. The van der Waals surface area contributed by atoms with Crippen LogP contribution in [0, 0.1) is 0 Å². The summed E-state index contributed by atoms with van der Waals surface area (Å²) in [4.78, 5) is 18.9. The molecule has 1 aliphatic rings. The van der Waals surface area contributed by atoms with Crippen molar-refractivity contribution in [1.82, 2.24) is 15.3 Å². The highest BCUT2D eigenvalue weighted by Gasteiger charge is 2.24. The minimum Gasteiger partial charge on any atom is -0.492 e. The van der Waals surface area contributed by atoms with Gasteiger partial charge < -0.3 is 24.8 Å². The molecule has 0 bridgehead atoms. The molecule has 4 aromatic rings. The van der Waals surface area contributed by atoms with Crippen LogP contribution < -0.4 is 15.6 Å². The van der Waals surface area contributed by atoms with Crippen LogP contribution in [0.15, 0.2) is 59.4 Å². The van der Waals surface area contributed by atoms with Gasteiger partial charge in [0.1, 0.15) is 12.4 Å². The minimum absolute atomic E-state index is 0.105. The number of para-hydroxylation sites is 1. The molecule has 29 heavy (non-hydrogen) atoms. The number of fused-ring (bicyclic) bond motifs is 2. The second-order valence-corrected chi connectivity index (χ2v) is 7.54. The molecule has 1 fully saturated rings. The Morgan fingerprint density at radius 1 is 1.00 bits per heavy atom. The number of benzene rings is 2. The van der Waals surface area contributed by atoms with Crippen LogP contribution in [0.5, 0.6) is 5.75 Å². The average molecular weight is 389 g/mol. The van der Waals surface area contributed by atoms with E-state index in [0.29, 0.717) is 18.2 Å². The second kappa shape index (κ2) is 7.39. The lowest BCUT2D eigenvalue weighted by Crippen LogP contribution is -2.28. The summed E-state index contributed by atoms with van der Waals surface area (Å²) in [6.07, 6.45) is 1.22. The number of aromatic amines is 2. The summed E-state index contributed by atoms with van der Waals surface area (Å²) in [5.74, 6) is 0.818. The highest BCUT2D eigenvalue weighted by molar-refractivity contribution is 5.89. The van der Waals surface area contributed by atoms with Crippen LogP contribution in [0.4, 0.5) is 0 Å². The lowest BCUT2D eigenvalue weighted by Gasteiger charge is -2.12. The number of hydrogen-bond acceptors (Lipinski definition) is 4. The fraction of sp³-hybridized carbons (Fsp3) is 0.261. The Bertz CT molecular complexity index is 1230.